The number of anilines is 1. The summed E-state index contributed by atoms with van der Waals surface area (Å²) in [4.78, 5) is 2.61. The van der Waals surface area contributed by atoms with Crippen LogP contribution >= 0.6 is 15.9 Å². The maximum Gasteiger partial charge on any atom is 0.0396 e. The van der Waals surface area contributed by atoms with Crippen molar-refractivity contribution in [3.05, 3.63) is 29.3 Å². The molecule has 1 saturated heterocycles. The fourth-order valence-corrected chi connectivity index (χ4v) is 3.94. The van der Waals surface area contributed by atoms with Crippen molar-refractivity contribution in [3.63, 3.8) is 0 Å². The fourth-order valence-electron chi connectivity index (χ4n) is 3.59. The summed E-state index contributed by atoms with van der Waals surface area (Å²) in [6.45, 7) is 4.83. The van der Waals surface area contributed by atoms with Crippen molar-refractivity contribution in [2.75, 3.05) is 18.0 Å². The van der Waals surface area contributed by atoms with E-state index in [4.69, 9.17) is 0 Å². The van der Waals surface area contributed by atoms with Crippen molar-refractivity contribution in [3.8, 4) is 0 Å². The van der Waals surface area contributed by atoms with E-state index in [0.29, 0.717) is 0 Å². The molecule has 3 rings (SSSR count). The van der Waals surface area contributed by atoms with Crippen LogP contribution in [0.15, 0.2) is 18.2 Å². The average molecular weight is 294 g/mol. The van der Waals surface area contributed by atoms with Gasteiger partial charge in [-0.2, -0.15) is 0 Å². The van der Waals surface area contributed by atoms with Gasteiger partial charge in [-0.25, -0.2) is 0 Å². The first-order valence-electron chi connectivity index (χ1n) is 6.68. The van der Waals surface area contributed by atoms with Crippen LogP contribution in [-0.2, 0) is 5.33 Å². The Bertz CT molecular complexity index is 403. The van der Waals surface area contributed by atoms with Crippen molar-refractivity contribution in [1.82, 2.24) is 0 Å². The molecule has 0 amide bonds. The molecule has 2 atom stereocenters. The lowest BCUT2D eigenvalue weighted by molar-refractivity contribution is 0.494. The van der Waals surface area contributed by atoms with Crippen LogP contribution in [0, 0.1) is 18.8 Å². The van der Waals surface area contributed by atoms with Crippen LogP contribution in [0.25, 0.3) is 0 Å². The molecule has 2 fully saturated rings. The van der Waals surface area contributed by atoms with Crippen molar-refractivity contribution in [2.45, 2.75) is 31.5 Å². The number of fused-ring (bicyclic) bond motifs is 1. The Morgan fingerprint density at radius 2 is 1.94 bits per heavy atom. The molecule has 2 unspecified atom stereocenters. The predicted octanol–water partition coefficient (Wildman–Crippen LogP) is 4.13. The van der Waals surface area contributed by atoms with E-state index in [1.807, 2.05) is 0 Å². The molecule has 1 nitrogen and oxygen atoms in total. The molecule has 0 bridgehead atoms. The minimum Gasteiger partial charge on any atom is -0.371 e. The second kappa shape index (κ2) is 4.64. The Labute approximate surface area is 112 Å². The standard InChI is InChI=1S/C15H20BrN/c1-11-7-12(8-16)5-6-15(11)17-9-13-3-2-4-14(13)10-17/h5-7,13-14H,2-4,8-10H2,1H3. The van der Waals surface area contributed by atoms with Crippen LogP contribution in [-0.4, -0.2) is 13.1 Å². The van der Waals surface area contributed by atoms with E-state index in [2.05, 4.69) is 46.0 Å². The Morgan fingerprint density at radius 1 is 1.24 bits per heavy atom. The Morgan fingerprint density at radius 3 is 2.53 bits per heavy atom. The molecular formula is C15H20BrN. The number of halogens is 1. The van der Waals surface area contributed by atoms with Gasteiger partial charge in [0.05, 0.1) is 0 Å². The zero-order valence-corrected chi connectivity index (χ0v) is 12.0. The van der Waals surface area contributed by atoms with E-state index in [1.165, 1.54) is 49.2 Å². The summed E-state index contributed by atoms with van der Waals surface area (Å²) in [5, 5.41) is 0.958. The number of hydrogen-bond acceptors (Lipinski definition) is 1. The molecule has 1 heterocycles. The second-order valence-electron chi connectivity index (χ2n) is 5.61. The quantitative estimate of drug-likeness (QED) is 0.741. The molecule has 0 spiro atoms. The van der Waals surface area contributed by atoms with E-state index < -0.39 is 0 Å². The lowest BCUT2D eigenvalue weighted by Gasteiger charge is -2.22. The number of aryl methyl sites for hydroxylation is 1. The normalized spacial score (nSPS) is 27.5. The van der Waals surface area contributed by atoms with Gasteiger partial charge in [-0.1, -0.05) is 34.5 Å². The topological polar surface area (TPSA) is 3.24 Å². The number of benzene rings is 1. The summed E-state index contributed by atoms with van der Waals surface area (Å²) >= 11 is 3.53. The lowest BCUT2D eigenvalue weighted by atomic mass is 10.0. The fraction of sp³-hybridized carbons (Fsp3) is 0.600. The van der Waals surface area contributed by atoms with Gasteiger partial charge in [-0.15, -0.1) is 0 Å². The van der Waals surface area contributed by atoms with Crippen LogP contribution in [0.3, 0.4) is 0 Å². The Balaban J connectivity index is 1.81. The van der Waals surface area contributed by atoms with Crippen LogP contribution in [0.5, 0.6) is 0 Å². The highest BCUT2D eigenvalue weighted by Crippen LogP contribution is 2.40. The minimum atomic E-state index is 0.958. The van der Waals surface area contributed by atoms with Gasteiger partial charge in [0.2, 0.25) is 0 Å². The second-order valence-corrected chi connectivity index (χ2v) is 6.17. The molecule has 0 radical (unpaired) electrons. The molecule has 1 aliphatic carbocycles. The third kappa shape index (κ3) is 2.12. The molecule has 0 N–H and O–H groups in total. The SMILES string of the molecule is Cc1cc(CBr)ccc1N1CC2CCCC2C1. The number of nitrogens with zero attached hydrogens (tertiary/aromatic N) is 1. The van der Waals surface area contributed by atoms with Gasteiger partial charge < -0.3 is 4.90 Å². The van der Waals surface area contributed by atoms with Gasteiger partial charge in [-0.3, -0.25) is 0 Å². The first kappa shape index (κ1) is 11.6. The van der Waals surface area contributed by atoms with Gasteiger partial charge >= 0.3 is 0 Å². The first-order valence-corrected chi connectivity index (χ1v) is 7.80. The zero-order chi connectivity index (χ0) is 11.8. The molecule has 2 aliphatic rings. The third-order valence-corrected chi connectivity index (χ3v) is 5.13. The molecule has 1 aliphatic heterocycles. The number of hydrogen-bond donors (Lipinski definition) is 0. The highest BCUT2D eigenvalue weighted by atomic mass is 79.9. The van der Waals surface area contributed by atoms with Gasteiger partial charge in [0.15, 0.2) is 0 Å². The maximum absolute atomic E-state index is 3.53. The van der Waals surface area contributed by atoms with Crippen LogP contribution < -0.4 is 4.90 Å². The number of rotatable bonds is 2. The van der Waals surface area contributed by atoms with E-state index in [-0.39, 0.29) is 0 Å². The van der Waals surface area contributed by atoms with E-state index in [0.717, 1.165) is 17.2 Å². The smallest absolute Gasteiger partial charge is 0.0396 e. The zero-order valence-electron chi connectivity index (χ0n) is 10.5. The van der Waals surface area contributed by atoms with Crippen molar-refractivity contribution < 1.29 is 0 Å². The van der Waals surface area contributed by atoms with Gasteiger partial charge in [0.1, 0.15) is 0 Å². The maximum atomic E-state index is 3.53. The summed E-state index contributed by atoms with van der Waals surface area (Å²) in [7, 11) is 0. The van der Waals surface area contributed by atoms with Gasteiger partial charge in [0, 0.05) is 24.1 Å². The molecular weight excluding hydrogens is 274 g/mol. The van der Waals surface area contributed by atoms with E-state index in [1.54, 1.807) is 0 Å². The lowest BCUT2D eigenvalue weighted by Crippen LogP contribution is -2.21. The Hall–Kier alpha value is -0.500. The first-order chi connectivity index (χ1) is 8.28. The van der Waals surface area contributed by atoms with Crippen molar-refractivity contribution in [1.29, 1.82) is 0 Å². The monoisotopic (exact) mass is 293 g/mol. The van der Waals surface area contributed by atoms with E-state index >= 15 is 0 Å². The largest absolute Gasteiger partial charge is 0.371 e. The van der Waals surface area contributed by atoms with Gasteiger partial charge in [0.25, 0.3) is 0 Å². The molecule has 17 heavy (non-hydrogen) atoms. The molecule has 1 aromatic carbocycles. The highest BCUT2D eigenvalue weighted by Gasteiger charge is 2.36. The molecule has 92 valence electrons. The van der Waals surface area contributed by atoms with Crippen LogP contribution in [0.4, 0.5) is 5.69 Å². The molecule has 1 saturated carbocycles. The molecule has 2 heteroatoms. The van der Waals surface area contributed by atoms with Crippen molar-refractivity contribution in [2.24, 2.45) is 11.8 Å². The molecule has 0 aromatic heterocycles. The van der Waals surface area contributed by atoms with Gasteiger partial charge in [-0.05, 0) is 48.8 Å². The van der Waals surface area contributed by atoms with Crippen LogP contribution in [0.2, 0.25) is 0 Å². The van der Waals surface area contributed by atoms with Crippen molar-refractivity contribution >= 4 is 21.6 Å². The highest BCUT2D eigenvalue weighted by molar-refractivity contribution is 9.08. The van der Waals surface area contributed by atoms with E-state index in [9.17, 15) is 0 Å². The third-order valence-electron chi connectivity index (χ3n) is 4.48. The summed E-state index contributed by atoms with van der Waals surface area (Å²) in [6.07, 6.45) is 4.38. The minimum absolute atomic E-state index is 0.958. The summed E-state index contributed by atoms with van der Waals surface area (Å²) in [5.74, 6) is 1.95. The summed E-state index contributed by atoms with van der Waals surface area (Å²) < 4.78 is 0. The number of alkyl halides is 1. The Kier molecular flexibility index (Phi) is 3.16. The summed E-state index contributed by atoms with van der Waals surface area (Å²) in [6, 6.07) is 6.89. The predicted molar refractivity (Wildman–Crippen MR) is 76.9 cm³/mol. The summed E-state index contributed by atoms with van der Waals surface area (Å²) in [5.41, 5.74) is 4.27. The molecule has 1 aromatic rings. The van der Waals surface area contributed by atoms with Crippen LogP contribution in [0.1, 0.15) is 30.4 Å². The average Bonchev–Trinajstić information content (AvgIpc) is 2.89.